The monoisotopic (exact) mass is 318 g/mol. The molecular formula is C20H22N4. The number of aromatic nitrogens is 2. The lowest BCUT2D eigenvalue weighted by molar-refractivity contribution is 0.889. The standard InChI is InChI=1S/C20H22N4/c1-16-7-6-10-18(13-16)14-22-20-21-12-11-19(23-20)24(2)15-17-8-4-3-5-9-17/h3-13H,14-15H2,1-2H3,(H,21,22,23). The van der Waals surface area contributed by atoms with Gasteiger partial charge in [0.25, 0.3) is 0 Å². The van der Waals surface area contributed by atoms with Crippen molar-refractivity contribution >= 4 is 11.8 Å². The van der Waals surface area contributed by atoms with Crippen LogP contribution in [0.3, 0.4) is 0 Å². The van der Waals surface area contributed by atoms with E-state index >= 15 is 0 Å². The Hall–Kier alpha value is -2.88. The Kier molecular flexibility index (Phi) is 5.06. The minimum Gasteiger partial charge on any atom is -0.355 e. The van der Waals surface area contributed by atoms with Crippen LogP contribution in [-0.4, -0.2) is 17.0 Å². The predicted molar refractivity (Wildman–Crippen MR) is 99.1 cm³/mol. The molecule has 0 aliphatic heterocycles. The molecule has 4 nitrogen and oxygen atoms in total. The van der Waals surface area contributed by atoms with Gasteiger partial charge in [-0.1, -0.05) is 60.2 Å². The van der Waals surface area contributed by atoms with Crippen LogP contribution in [0, 0.1) is 6.92 Å². The van der Waals surface area contributed by atoms with Crippen molar-refractivity contribution in [2.24, 2.45) is 0 Å². The molecule has 122 valence electrons. The van der Waals surface area contributed by atoms with Crippen molar-refractivity contribution in [2.45, 2.75) is 20.0 Å². The van der Waals surface area contributed by atoms with Gasteiger partial charge in [0.2, 0.25) is 5.95 Å². The Morgan fingerprint density at radius 1 is 0.958 bits per heavy atom. The maximum atomic E-state index is 4.61. The maximum absolute atomic E-state index is 4.61. The third-order valence-electron chi connectivity index (χ3n) is 3.83. The highest BCUT2D eigenvalue weighted by Crippen LogP contribution is 2.14. The molecule has 3 rings (SSSR count). The number of benzene rings is 2. The Bertz CT molecular complexity index is 786. The van der Waals surface area contributed by atoms with Crippen LogP contribution < -0.4 is 10.2 Å². The predicted octanol–water partition coefficient (Wildman–Crippen LogP) is 4.03. The van der Waals surface area contributed by atoms with Crippen molar-refractivity contribution in [1.29, 1.82) is 0 Å². The molecule has 2 aromatic carbocycles. The first-order chi connectivity index (χ1) is 11.7. The largest absolute Gasteiger partial charge is 0.355 e. The molecule has 1 aromatic heterocycles. The average molecular weight is 318 g/mol. The van der Waals surface area contributed by atoms with Crippen LogP contribution in [0.1, 0.15) is 16.7 Å². The second-order valence-electron chi connectivity index (χ2n) is 5.92. The molecule has 0 bridgehead atoms. The first kappa shape index (κ1) is 16.0. The molecule has 1 heterocycles. The highest BCUT2D eigenvalue weighted by atomic mass is 15.2. The van der Waals surface area contributed by atoms with Gasteiger partial charge in [0, 0.05) is 26.3 Å². The van der Waals surface area contributed by atoms with Crippen molar-refractivity contribution < 1.29 is 0 Å². The fourth-order valence-electron chi connectivity index (χ4n) is 2.59. The van der Waals surface area contributed by atoms with Gasteiger partial charge >= 0.3 is 0 Å². The number of rotatable bonds is 6. The summed E-state index contributed by atoms with van der Waals surface area (Å²) in [5.41, 5.74) is 3.74. The van der Waals surface area contributed by atoms with Crippen LogP contribution in [0.15, 0.2) is 66.9 Å². The van der Waals surface area contributed by atoms with E-state index in [1.54, 1.807) is 6.20 Å². The molecule has 0 radical (unpaired) electrons. The van der Waals surface area contributed by atoms with Crippen LogP contribution in [-0.2, 0) is 13.1 Å². The Morgan fingerprint density at radius 2 is 1.75 bits per heavy atom. The molecule has 0 unspecified atom stereocenters. The molecule has 0 aliphatic carbocycles. The molecule has 3 aromatic rings. The zero-order chi connectivity index (χ0) is 16.8. The van der Waals surface area contributed by atoms with Crippen molar-refractivity contribution in [3.8, 4) is 0 Å². The lowest BCUT2D eigenvalue weighted by atomic mass is 10.1. The third-order valence-corrected chi connectivity index (χ3v) is 3.83. The van der Waals surface area contributed by atoms with Crippen molar-refractivity contribution in [2.75, 3.05) is 17.3 Å². The number of nitrogens with one attached hydrogen (secondary N) is 1. The molecule has 0 saturated heterocycles. The second-order valence-corrected chi connectivity index (χ2v) is 5.92. The molecule has 0 atom stereocenters. The minimum absolute atomic E-state index is 0.647. The van der Waals surface area contributed by atoms with Crippen LogP contribution in [0.5, 0.6) is 0 Å². The van der Waals surface area contributed by atoms with Crippen LogP contribution in [0.2, 0.25) is 0 Å². The van der Waals surface area contributed by atoms with Gasteiger partial charge in [0.1, 0.15) is 5.82 Å². The van der Waals surface area contributed by atoms with E-state index in [0.717, 1.165) is 12.4 Å². The van der Waals surface area contributed by atoms with Crippen molar-refractivity contribution in [3.63, 3.8) is 0 Å². The molecule has 0 fully saturated rings. The SMILES string of the molecule is Cc1cccc(CNc2nccc(N(C)Cc3ccccc3)n2)c1. The first-order valence-electron chi connectivity index (χ1n) is 8.08. The summed E-state index contributed by atoms with van der Waals surface area (Å²) < 4.78 is 0. The van der Waals surface area contributed by atoms with Gasteiger partial charge in [-0.3, -0.25) is 0 Å². The van der Waals surface area contributed by atoms with E-state index in [1.165, 1.54) is 16.7 Å². The summed E-state index contributed by atoms with van der Waals surface area (Å²) in [6.45, 7) is 3.63. The highest BCUT2D eigenvalue weighted by molar-refractivity contribution is 5.43. The summed E-state index contributed by atoms with van der Waals surface area (Å²) in [4.78, 5) is 11.0. The molecular weight excluding hydrogens is 296 g/mol. The molecule has 0 saturated carbocycles. The van der Waals surface area contributed by atoms with E-state index in [2.05, 4.69) is 75.6 Å². The van der Waals surface area contributed by atoms with E-state index in [0.29, 0.717) is 12.5 Å². The minimum atomic E-state index is 0.647. The molecule has 0 spiro atoms. The van der Waals surface area contributed by atoms with Gasteiger partial charge in [-0.05, 0) is 24.1 Å². The zero-order valence-electron chi connectivity index (χ0n) is 14.1. The summed E-state index contributed by atoms with van der Waals surface area (Å²) in [6, 6.07) is 20.7. The molecule has 1 N–H and O–H groups in total. The number of hydrogen-bond donors (Lipinski definition) is 1. The lowest BCUT2D eigenvalue weighted by Crippen LogP contribution is -2.18. The Labute approximate surface area is 143 Å². The van der Waals surface area contributed by atoms with Gasteiger partial charge in [-0.15, -0.1) is 0 Å². The number of nitrogens with zero attached hydrogens (tertiary/aromatic N) is 3. The fraction of sp³-hybridized carbons (Fsp3) is 0.200. The van der Waals surface area contributed by atoms with Gasteiger partial charge < -0.3 is 10.2 Å². The van der Waals surface area contributed by atoms with Gasteiger partial charge in [0.15, 0.2) is 0 Å². The van der Waals surface area contributed by atoms with Crippen molar-refractivity contribution in [1.82, 2.24) is 9.97 Å². The average Bonchev–Trinajstić information content (AvgIpc) is 2.61. The number of hydrogen-bond acceptors (Lipinski definition) is 4. The van der Waals surface area contributed by atoms with E-state index in [-0.39, 0.29) is 0 Å². The smallest absolute Gasteiger partial charge is 0.224 e. The normalized spacial score (nSPS) is 10.4. The third kappa shape index (κ3) is 4.32. The molecule has 4 heteroatoms. The summed E-state index contributed by atoms with van der Waals surface area (Å²) in [7, 11) is 2.04. The van der Waals surface area contributed by atoms with Gasteiger partial charge in [-0.25, -0.2) is 4.98 Å². The maximum Gasteiger partial charge on any atom is 0.224 e. The van der Waals surface area contributed by atoms with Crippen LogP contribution >= 0.6 is 0 Å². The zero-order valence-corrected chi connectivity index (χ0v) is 14.1. The summed E-state index contributed by atoms with van der Waals surface area (Å²) in [5, 5.41) is 3.30. The molecule has 0 aliphatic rings. The Balaban J connectivity index is 1.65. The van der Waals surface area contributed by atoms with Gasteiger partial charge in [-0.2, -0.15) is 4.98 Å². The number of aryl methyl sites for hydroxylation is 1. The molecule has 0 amide bonds. The Morgan fingerprint density at radius 3 is 2.54 bits per heavy atom. The topological polar surface area (TPSA) is 41.1 Å². The van der Waals surface area contributed by atoms with Crippen LogP contribution in [0.25, 0.3) is 0 Å². The van der Waals surface area contributed by atoms with E-state index in [9.17, 15) is 0 Å². The molecule has 24 heavy (non-hydrogen) atoms. The van der Waals surface area contributed by atoms with E-state index in [4.69, 9.17) is 0 Å². The number of anilines is 2. The summed E-state index contributed by atoms with van der Waals surface area (Å²) in [5.74, 6) is 1.55. The van der Waals surface area contributed by atoms with Gasteiger partial charge in [0.05, 0.1) is 0 Å². The quantitative estimate of drug-likeness (QED) is 0.745. The fourth-order valence-corrected chi connectivity index (χ4v) is 2.59. The lowest BCUT2D eigenvalue weighted by Gasteiger charge is -2.18. The van der Waals surface area contributed by atoms with E-state index in [1.807, 2.05) is 19.2 Å². The van der Waals surface area contributed by atoms with E-state index < -0.39 is 0 Å². The first-order valence-corrected chi connectivity index (χ1v) is 8.08. The van der Waals surface area contributed by atoms with Crippen molar-refractivity contribution in [3.05, 3.63) is 83.6 Å². The highest BCUT2D eigenvalue weighted by Gasteiger charge is 2.05. The summed E-state index contributed by atoms with van der Waals surface area (Å²) >= 11 is 0. The summed E-state index contributed by atoms with van der Waals surface area (Å²) in [6.07, 6.45) is 1.79. The second kappa shape index (κ2) is 7.59. The van der Waals surface area contributed by atoms with Crippen LogP contribution in [0.4, 0.5) is 11.8 Å².